The summed E-state index contributed by atoms with van der Waals surface area (Å²) < 4.78 is 0. The number of benzene rings is 3. The first-order valence-corrected chi connectivity index (χ1v) is 8.14. The molecule has 26 heavy (non-hydrogen) atoms. The summed E-state index contributed by atoms with van der Waals surface area (Å²) >= 11 is 0. The maximum atomic E-state index is 11.5. The minimum absolute atomic E-state index is 0. The predicted molar refractivity (Wildman–Crippen MR) is 109 cm³/mol. The molecule has 0 fully saturated rings. The molecule has 3 rings (SSSR count). The van der Waals surface area contributed by atoms with Crippen LogP contribution in [-0.4, -0.2) is 11.1 Å². The van der Waals surface area contributed by atoms with Gasteiger partial charge in [-0.05, 0) is 54.3 Å². The molecule has 0 unspecified atom stereocenters. The Balaban J connectivity index is 0.00000243. The fourth-order valence-electron chi connectivity index (χ4n) is 2.74. The number of hydrogen-bond acceptors (Lipinski definition) is 3. The van der Waals surface area contributed by atoms with Crippen LogP contribution in [0.3, 0.4) is 0 Å². The van der Waals surface area contributed by atoms with Crippen molar-refractivity contribution < 1.29 is 9.90 Å². The molecule has 0 saturated carbocycles. The smallest absolute Gasteiger partial charge is 0.337 e. The van der Waals surface area contributed by atoms with E-state index in [4.69, 9.17) is 5.73 Å². The normalized spacial score (nSPS) is 10.0. The molecule has 0 aromatic heterocycles. The van der Waals surface area contributed by atoms with Crippen LogP contribution >= 0.6 is 12.4 Å². The molecule has 0 bridgehead atoms. The van der Waals surface area contributed by atoms with E-state index in [1.165, 1.54) is 5.56 Å². The van der Waals surface area contributed by atoms with Crippen molar-refractivity contribution in [3.8, 4) is 0 Å². The highest BCUT2D eigenvalue weighted by atomic mass is 35.5. The van der Waals surface area contributed by atoms with Crippen molar-refractivity contribution in [3.05, 3.63) is 89.5 Å². The van der Waals surface area contributed by atoms with Gasteiger partial charge in [0.1, 0.15) is 0 Å². The van der Waals surface area contributed by atoms with Gasteiger partial charge in [-0.1, -0.05) is 42.5 Å². The fourth-order valence-corrected chi connectivity index (χ4v) is 2.74. The molecular formula is C21H21ClN2O2. The van der Waals surface area contributed by atoms with E-state index in [1.54, 1.807) is 18.2 Å². The number of carboxylic acid groups (broad SMARTS) is 1. The number of carboxylic acids is 1. The van der Waals surface area contributed by atoms with Crippen LogP contribution in [0.2, 0.25) is 0 Å². The number of rotatable bonds is 6. The predicted octanol–water partition coefficient (Wildman–Crippen LogP) is 4.92. The second-order valence-corrected chi connectivity index (χ2v) is 5.92. The number of nitrogen functional groups attached to an aromatic ring is 1. The maximum Gasteiger partial charge on any atom is 0.337 e. The Labute approximate surface area is 159 Å². The number of halogens is 1. The summed E-state index contributed by atoms with van der Waals surface area (Å²) in [5.74, 6) is -0.957. The van der Waals surface area contributed by atoms with Crippen LogP contribution in [0, 0.1) is 0 Å². The SMILES string of the molecule is Cl.Nc1cccc(Nc2cc(CCc3ccccc3)ccc2C(=O)O)c1. The van der Waals surface area contributed by atoms with Crippen LogP contribution in [-0.2, 0) is 12.8 Å². The molecule has 134 valence electrons. The average molecular weight is 369 g/mol. The number of nitrogens with two attached hydrogens (primary N) is 1. The summed E-state index contributed by atoms with van der Waals surface area (Å²) in [5, 5.41) is 12.6. The Hall–Kier alpha value is -2.98. The summed E-state index contributed by atoms with van der Waals surface area (Å²) in [5.41, 5.74) is 10.3. The lowest BCUT2D eigenvalue weighted by molar-refractivity contribution is 0.0698. The van der Waals surface area contributed by atoms with Gasteiger partial charge in [-0.2, -0.15) is 0 Å². The Morgan fingerprint density at radius 3 is 2.31 bits per heavy atom. The highest BCUT2D eigenvalue weighted by molar-refractivity contribution is 5.95. The van der Waals surface area contributed by atoms with Crippen LogP contribution in [0.1, 0.15) is 21.5 Å². The fraction of sp³-hybridized carbons (Fsp3) is 0.0952. The Morgan fingerprint density at radius 1 is 0.885 bits per heavy atom. The van der Waals surface area contributed by atoms with Gasteiger partial charge >= 0.3 is 5.97 Å². The minimum atomic E-state index is -0.957. The molecule has 0 atom stereocenters. The third-order valence-corrected chi connectivity index (χ3v) is 4.03. The van der Waals surface area contributed by atoms with Gasteiger partial charge in [0.2, 0.25) is 0 Å². The molecule has 5 heteroatoms. The first-order valence-electron chi connectivity index (χ1n) is 8.14. The largest absolute Gasteiger partial charge is 0.478 e. The molecule has 0 aliphatic carbocycles. The quantitative estimate of drug-likeness (QED) is 0.540. The second kappa shape index (κ2) is 8.92. The standard InChI is InChI=1S/C21H20N2O2.ClH/c22-17-7-4-8-18(14-17)23-20-13-16(11-12-19(20)21(24)25)10-9-15-5-2-1-3-6-15;/h1-8,11-14,23H,9-10,22H2,(H,24,25);1H. The van der Waals surface area contributed by atoms with Crippen LogP contribution < -0.4 is 11.1 Å². The van der Waals surface area contributed by atoms with Gasteiger partial charge in [0.05, 0.1) is 11.3 Å². The minimum Gasteiger partial charge on any atom is -0.478 e. The van der Waals surface area contributed by atoms with Crippen LogP contribution in [0.5, 0.6) is 0 Å². The number of nitrogens with one attached hydrogen (secondary N) is 1. The molecule has 3 aromatic rings. The summed E-state index contributed by atoms with van der Waals surface area (Å²) in [6.07, 6.45) is 1.75. The van der Waals surface area contributed by atoms with Crippen LogP contribution in [0.4, 0.5) is 17.1 Å². The van der Waals surface area contributed by atoms with Crippen LogP contribution in [0.25, 0.3) is 0 Å². The van der Waals surface area contributed by atoms with Gasteiger partial charge in [-0.15, -0.1) is 12.4 Å². The lowest BCUT2D eigenvalue weighted by atomic mass is 10.0. The molecule has 4 nitrogen and oxygen atoms in total. The van der Waals surface area contributed by atoms with Crippen LogP contribution in [0.15, 0.2) is 72.8 Å². The first kappa shape index (κ1) is 19.3. The second-order valence-electron chi connectivity index (χ2n) is 5.92. The first-order chi connectivity index (χ1) is 12.1. The van der Waals surface area contributed by atoms with Gasteiger partial charge in [0, 0.05) is 11.4 Å². The molecule has 0 spiro atoms. The molecule has 0 aliphatic heterocycles. The van der Waals surface area contributed by atoms with E-state index in [1.807, 2.05) is 42.5 Å². The number of anilines is 3. The molecule has 0 radical (unpaired) electrons. The molecule has 0 amide bonds. The zero-order chi connectivity index (χ0) is 17.6. The molecular weight excluding hydrogens is 348 g/mol. The highest BCUT2D eigenvalue weighted by Gasteiger charge is 2.11. The van der Waals surface area contributed by atoms with Crippen molar-refractivity contribution in [3.63, 3.8) is 0 Å². The zero-order valence-corrected chi connectivity index (χ0v) is 15.0. The molecule has 4 N–H and O–H groups in total. The summed E-state index contributed by atoms with van der Waals surface area (Å²) in [4.78, 5) is 11.5. The Kier molecular flexibility index (Phi) is 6.64. The zero-order valence-electron chi connectivity index (χ0n) is 14.2. The van der Waals surface area contributed by atoms with Gasteiger partial charge < -0.3 is 16.2 Å². The van der Waals surface area contributed by atoms with Crippen molar-refractivity contribution in [1.29, 1.82) is 0 Å². The van der Waals surface area contributed by atoms with E-state index >= 15 is 0 Å². The van der Waals surface area contributed by atoms with Crippen molar-refractivity contribution in [2.45, 2.75) is 12.8 Å². The third-order valence-electron chi connectivity index (χ3n) is 4.03. The van der Waals surface area contributed by atoms with Crippen molar-refractivity contribution >= 4 is 35.4 Å². The summed E-state index contributed by atoms with van der Waals surface area (Å²) in [6, 6.07) is 22.9. The number of aromatic carboxylic acids is 1. The number of hydrogen-bond donors (Lipinski definition) is 3. The molecule has 0 heterocycles. The van der Waals surface area contributed by atoms with Crippen molar-refractivity contribution in [1.82, 2.24) is 0 Å². The van der Waals surface area contributed by atoms with Gasteiger partial charge in [0.25, 0.3) is 0 Å². The highest BCUT2D eigenvalue weighted by Crippen LogP contribution is 2.24. The number of aryl methyl sites for hydroxylation is 2. The lowest BCUT2D eigenvalue weighted by Gasteiger charge is -2.12. The summed E-state index contributed by atoms with van der Waals surface area (Å²) in [7, 11) is 0. The molecule has 0 aliphatic rings. The van der Waals surface area contributed by atoms with Crippen molar-refractivity contribution in [2.24, 2.45) is 0 Å². The monoisotopic (exact) mass is 368 g/mol. The average Bonchev–Trinajstić information content (AvgIpc) is 2.61. The van der Waals surface area contributed by atoms with E-state index in [9.17, 15) is 9.90 Å². The molecule has 0 saturated heterocycles. The van der Waals surface area contributed by atoms with Gasteiger partial charge in [-0.25, -0.2) is 4.79 Å². The van der Waals surface area contributed by atoms with E-state index in [2.05, 4.69) is 17.4 Å². The number of carbonyl (C=O) groups is 1. The lowest BCUT2D eigenvalue weighted by Crippen LogP contribution is -2.04. The van der Waals surface area contributed by atoms with Gasteiger partial charge in [0.15, 0.2) is 0 Å². The maximum absolute atomic E-state index is 11.5. The topological polar surface area (TPSA) is 75.3 Å². The van der Waals surface area contributed by atoms with E-state index in [0.717, 1.165) is 24.1 Å². The third kappa shape index (κ3) is 5.01. The van der Waals surface area contributed by atoms with E-state index in [0.29, 0.717) is 11.4 Å². The van der Waals surface area contributed by atoms with Crippen molar-refractivity contribution in [2.75, 3.05) is 11.1 Å². The van der Waals surface area contributed by atoms with Gasteiger partial charge in [-0.3, -0.25) is 0 Å². The Morgan fingerprint density at radius 2 is 1.62 bits per heavy atom. The Bertz CT molecular complexity index is 882. The summed E-state index contributed by atoms with van der Waals surface area (Å²) in [6.45, 7) is 0. The van der Waals surface area contributed by atoms with E-state index < -0.39 is 5.97 Å². The molecule has 3 aromatic carbocycles. The van der Waals surface area contributed by atoms with E-state index in [-0.39, 0.29) is 18.0 Å².